The predicted molar refractivity (Wildman–Crippen MR) is 85.1 cm³/mol. The van der Waals surface area contributed by atoms with Crippen LogP contribution in [0.4, 0.5) is 0 Å². The zero-order chi connectivity index (χ0) is 13.2. The van der Waals surface area contributed by atoms with E-state index in [0.717, 1.165) is 17.5 Å². The van der Waals surface area contributed by atoms with Crippen molar-refractivity contribution in [3.8, 4) is 0 Å². The second-order valence-corrected chi connectivity index (χ2v) is 7.10. The van der Waals surface area contributed by atoms with E-state index in [2.05, 4.69) is 36.5 Å². The van der Waals surface area contributed by atoms with Crippen LogP contribution in [-0.4, -0.2) is 6.04 Å². The van der Waals surface area contributed by atoms with Crippen molar-refractivity contribution in [1.82, 2.24) is 5.32 Å². The Balaban J connectivity index is 1.73. The van der Waals surface area contributed by atoms with E-state index < -0.39 is 0 Å². The van der Waals surface area contributed by atoms with E-state index in [1.165, 1.54) is 40.6 Å². The number of rotatable bonds is 3. The summed E-state index contributed by atoms with van der Waals surface area (Å²) in [6, 6.07) is 9.06. The molecule has 1 aromatic heterocycles. The van der Waals surface area contributed by atoms with Gasteiger partial charge in [0.1, 0.15) is 0 Å². The van der Waals surface area contributed by atoms with Crippen molar-refractivity contribution in [2.24, 2.45) is 5.92 Å². The largest absolute Gasteiger partial charge is 0.309 e. The van der Waals surface area contributed by atoms with Gasteiger partial charge in [0.05, 0.1) is 5.02 Å². The topological polar surface area (TPSA) is 12.0 Å². The number of halogens is 1. The van der Waals surface area contributed by atoms with Gasteiger partial charge in [-0.1, -0.05) is 49.6 Å². The lowest BCUT2D eigenvalue weighted by atomic mass is 9.86. The van der Waals surface area contributed by atoms with Crippen LogP contribution in [0.25, 0.3) is 10.1 Å². The zero-order valence-electron chi connectivity index (χ0n) is 11.3. The molecule has 2 aromatic rings. The number of hydrogen-bond acceptors (Lipinski definition) is 2. The molecule has 1 aliphatic rings. The fraction of sp³-hybridized carbons (Fsp3) is 0.500. The number of fused-ring (bicyclic) bond motifs is 1. The molecule has 0 amide bonds. The summed E-state index contributed by atoms with van der Waals surface area (Å²) in [4.78, 5) is 1.28. The summed E-state index contributed by atoms with van der Waals surface area (Å²) >= 11 is 8.30. The van der Waals surface area contributed by atoms with E-state index in [4.69, 9.17) is 11.6 Å². The summed E-state index contributed by atoms with van der Waals surface area (Å²) in [5, 5.41) is 5.85. The van der Waals surface area contributed by atoms with Crippen molar-refractivity contribution in [3.05, 3.63) is 34.2 Å². The first-order valence-electron chi connectivity index (χ1n) is 7.15. The summed E-state index contributed by atoms with van der Waals surface area (Å²) < 4.78 is 1.29. The molecule has 2 atom stereocenters. The van der Waals surface area contributed by atoms with Crippen LogP contribution < -0.4 is 5.32 Å². The Kier molecular flexibility index (Phi) is 4.11. The van der Waals surface area contributed by atoms with Gasteiger partial charge in [-0.2, -0.15) is 0 Å². The molecular formula is C16H20ClNS. The van der Waals surface area contributed by atoms with Crippen molar-refractivity contribution >= 4 is 33.0 Å². The van der Waals surface area contributed by atoms with Crippen LogP contribution in [0.15, 0.2) is 24.3 Å². The number of thiophene rings is 1. The maximum atomic E-state index is 6.48. The van der Waals surface area contributed by atoms with Gasteiger partial charge in [-0.3, -0.25) is 0 Å². The lowest BCUT2D eigenvalue weighted by Gasteiger charge is -2.29. The van der Waals surface area contributed by atoms with Crippen LogP contribution in [0.5, 0.6) is 0 Å². The maximum absolute atomic E-state index is 6.48. The van der Waals surface area contributed by atoms with Crippen LogP contribution in [0.1, 0.15) is 37.5 Å². The minimum absolute atomic E-state index is 0.662. The minimum Gasteiger partial charge on any atom is -0.309 e. The third-order valence-corrected chi connectivity index (χ3v) is 5.95. The molecule has 1 saturated carbocycles. The Hall–Kier alpha value is -0.570. The van der Waals surface area contributed by atoms with Gasteiger partial charge in [-0.15, -0.1) is 11.3 Å². The van der Waals surface area contributed by atoms with Crippen molar-refractivity contribution in [2.75, 3.05) is 0 Å². The van der Waals surface area contributed by atoms with Gasteiger partial charge < -0.3 is 5.32 Å². The van der Waals surface area contributed by atoms with Gasteiger partial charge in [0.25, 0.3) is 0 Å². The van der Waals surface area contributed by atoms with Crippen molar-refractivity contribution in [1.29, 1.82) is 0 Å². The van der Waals surface area contributed by atoms with Gasteiger partial charge in [0.2, 0.25) is 0 Å². The molecule has 1 nitrogen and oxygen atoms in total. The molecule has 1 fully saturated rings. The Morgan fingerprint density at radius 3 is 2.84 bits per heavy atom. The van der Waals surface area contributed by atoms with E-state index in [9.17, 15) is 0 Å². The third-order valence-electron chi connectivity index (χ3n) is 4.24. The van der Waals surface area contributed by atoms with Crippen LogP contribution >= 0.6 is 22.9 Å². The van der Waals surface area contributed by atoms with E-state index in [1.54, 1.807) is 0 Å². The molecular weight excluding hydrogens is 274 g/mol. The molecule has 1 aliphatic carbocycles. The number of hydrogen-bond donors (Lipinski definition) is 1. The third kappa shape index (κ3) is 2.81. The van der Waals surface area contributed by atoms with Gasteiger partial charge >= 0.3 is 0 Å². The van der Waals surface area contributed by atoms with Gasteiger partial charge in [-0.25, -0.2) is 0 Å². The fourth-order valence-corrected chi connectivity index (χ4v) is 4.47. The number of nitrogens with one attached hydrogen (secondary N) is 1. The van der Waals surface area contributed by atoms with E-state index in [0.29, 0.717) is 6.04 Å². The molecule has 0 radical (unpaired) electrons. The lowest BCUT2D eigenvalue weighted by molar-refractivity contribution is 0.280. The van der Waals surface area contributed by atoms with Gasteiger partial charge in [0.15, 0.2) is 0 Å². The number of benzene rings is 1. The first-order valence-corrected chi connectivity index (χ1v) is 8.34. The molecule has 2 unspecified atom stereocenters. The highest BCUT2D eigenvalue weighted by atomic mass is 35.5. The van der Waals surface area contributed by atoms with Crippen LogP contribution in [0.3, 0.4) is 0 Å². The second-order valence-electron chi connectivity index (χ2n) is 5.58. The van der Waals surface area contributed by atoms with Crippen LogP contribution in [0.2, 0.25) is 5.02 Å². The molecule has 3 heteroatoms. The Bertz CT molecular complexity index is 563. The highest BCUT2D eigenvalue weighted by Gasteiger charge is 2.21. The molecule has 0 saturated heterocycles. The monoisotopic (exact) mass is 293 g/mol. The van der Waals surface area contributed by atoms with Crippen LogP contribution in [-0.2, 0) is 6.54 Å². The Morgan fingerprint density at radius 1 is 1.26 bits per heavy atom. The van der Waals surface area contributed by atoms with E-state index in [1.807, 2.05) is 11.3 Å². The highest BCUT2D eigenvalue weighted by molar-refractivity contribution is 7.19. The summed E-state index contributed by atoms with van der Waals surface area (Å²) in [6.45, 7) is 3.27. The second kappa shape index (κ2) is 5.82. The minimum atomic E-state index is 0.662. The Labute approximate surface area is 124 Å². The molecule has 0 aliphatic heterocycles. The average molecular weight is 294 g/mol. The summed E-state index contributed by atoms with van der Waals surface area (Å²) in [5.41, 5.74) is 0. The average Bonchev–Trinajstić information content (AvgIpc) is 2.75. The molecule has 0 bridgehead atoms. The lowest BCUT2D eigenvalue weighted by Crippen LogP contribution is -2.36. The first-order chi connectivity index (χ1) is 9.25. The summed E-state index contributed by atoms with van der Waals surface area (Å²) in [5.74, 6) is 0.793. The summed E-state index contributed by atoms with van der Waals surface area (Å²) in [7, 11) is 0. The van der Waals surface area contributed by atoms with Crippen molar-refractivity contribution in [3.63, 3.8) is 0 Å². The smallest absolute Gasteiger partial charge is 0.0636 e. The quantitative estimate of drug-likeness (QED) is 0.818. The molecule has 19 heavy (non-hydrogen) atoms. The molecule has 1 aromatic carbocycles. The maximum Gasteiger partial charge on any atom is 0.0636 e. The fourth-order valence-electron chi connectivity index (χ4n) is 3.02. The van der Waals surface area contributed by atoms with Gasteiger partial charge in [-0.05, 0) is 24.8 Å². The van der Waals surface area contributed by atoms with E-state index >= 15 is 0 Å². The van der Waals surface area contributed by atoms with Gasteiger partial charge in [0, 0.05) is 27.5 Å². The SMILES string of the molecule is CC1CCCCC1NCc1sc2ccccc2c1Cl. The summed E-state index contributed by atoms with van der Waals surface area (Å²) in [6.07, 6.45) is 5.42. The van der Waals surface area contributed by atoms with Crippen LogP contribution in [0, 0.1) is 5.92 Å². The Morgan fingerprint density at radius 2 is 2.05 bits per heavy atom. The normalized spacial score (nSPS) is 23.9. The predicted octanol–water partition coefficient (Wildman–Crippen LogP) is 5.22. The molecule has 0 spiro atoms. The zero-order valence-corrected chi connectivity index (χ0v) is 12.9. The molecule has 3 rings (SSSR count). The molecule has 1 heterocycles. The molecule has 1 N–H and O–H groups in total. The molecule has 102 valence electrons. The first kappa shape index (κ1) is 13.4. The van der Waals surface area contributed by atoms with Crippen molar-refractivity contribution < 1.29 is 0 Å². The van der Waals surface area contributed by atoms with E-state index in [-0.39, 0.29) is 0 Å². The standard InChI is InChI=1S/C16H20ClNS/c1-11-6-2-4-8-13(11)18-10-15-16(17)12-7-3-5-9-14(12)19-15/h3,5,7,9,11,13,18H,2,4,6,8,10H2,1H3. The highest BCUT2D eigenvalue weighted by Crippen LogP contribution is 2.35. The van der Waals surface area contributed by atoms with Crippen molar-refractivity contribution in [2.45, 2.75) is 45.2 Å².